The van der Waals surface area contributed by atoms with Crippen LogP contribution < -0.4 is 5.32 Å². The maximum Gasteiger partial charge on any atom is 0.226 e. The van der Waals surface area contributed by atoms with Crippen LogP contribution in [0.15, 0.2) is 24.7 Å². The monoisotopic (exact) mass is 313 g/mol. The van der Waals surface area contributed by atoms with Gasteiger partial charge in [-0.05, 0) is 36.8 Å². The number of hydrogen-bond acceptors (Lipinski definition) is 4. The van der Waals surface area contributed by atoms with Crippen LogP contribution in [-0.2, 0) is 4.79 Å². The maximum atomic E-state index is 12.5. The van der Waals surface area contributed by atoms with E-state index in [1.807, 2.05) is 16.8 Å². The van der Waals surface area contributed by atoms with Gasteiger partial charge < -0.3 is 10.2 Å². The molecule has 23 heavy (non-hydrogen) atoms. The van der Waals surface area contributed by atoms with Crippen molar-refractivity contribution in [2.75, 3.05) is 19.6 Å². The van der Waals surface area contributed by atoms with Crippen LogP contribution in [0, 0.1) is 5.92 Å². The molecule has 6 heteroatoms. The second-order valence-electron chi connectivity index (χ2n) is 6.79. The van der Waals surface area contributed by atoms with Crippen molar-refractivity contribution in [1.29, 1.82) is 0 Å². The fraction of sp³-hybridized carbons (Fsp3) is 0.588. The van der Waals surface area contributed by atoms with Gasteiger partial charge >= 0.3 is 0 Å². The van der Waals surface area contributed by atoms with Crippen LogP contribution in [-0.4, -0.2) is 51.1 Å². The van der Waals surface area contributed by atoms with Crippen LogP contribution in [0.5, 0.6) is 0 Å². The van der Waals surface area contributed by atoms with Crippen LogP contribution in [0.25, 0.3) is 5.65 Å². The quantitative estimate of drug-likeness (QED) is 0.927. The molecule has 0 saturated carbocycles. The van der Waals surface area contributed by atoms with Gasteiger partial charge in [-0.3, -0.25) is 4.79 Å². The van der Waals surface area contributed by atoms with Gasteiger partial charge in [-0.25, -0.2) is 9.50 Å². The Balaban J connectivity index is 1.43. The van der Waals surface area contributed by atoms with Crippen molar-refractivity contribution in [3.8, 4) is 0 Å². The summed E-state index contributed by atoms with van der Waals surface area (Å²) in [4.78, 5) is 19.0. The molecule has 2 aliphatic rings. The Morgan fingerprint density at radius 3 is 3.26 bits per heavy atom. The molecule has 4 rings (SSSR count). The molecule has 6 nitrogen and oxygen atoms in total. The lowest BCUT2D eigenvalue weighted by Gasteiger charge is -2.30. The Morgan fingerprint density at radius 2 is 2.39 bits per heavy atom. The molecule has 0 aromatic carbocycles. The van der Waals surface area contributed by atoms with Crippen molar-refractivity contribution in [3.05, 3.63) is 30.2 Å². The van der Waals surface area contributed by atoms with E-state index in [0.29, 0.717) is 17.9 Å². The summed E-state index contributed by atoms with van der Waals surface area (Å²) < 4.78 is 1.82. The van der Waals surface area contributed by atoms with Gasteiger partial charge in [0.2, 0.25) is 5.91 Å². The lowest BCUT2D eigenvalue weighted by atomic mass is 9.90. The van der Waals surface area contributed by atoms with Crippen LogP contribution in [0.2, 0.25) is 0 Å². The Hall–Kier alpha value is -1.95. The second-order valence-corrected chi connectivity index (χ2v) is 6.79. The molecule has 4 heterocycles. The Bertz CT molecular complexity index is 712. The van der Waals surface area contributed by atoms with Gasteiger partial charge in [0.15, 0.2) is 5.65 Å². The molecule has 2 aromatic rings. The Labute approximate surface area is 135 Å². The maximum absolute atomic E-state index is 12.5. The minimum Gasteiger partial charge on any atom is -0.337 e. The van der Waals surface area contributed by atoms with Crippen molar-refractivity contribution in [3.63, 3.8) is 0 Å². The van der Waals surface area contributed by atoms with E-state index < -0.39 is 0 Å². The summed E-state index contributed by atoms with van der Waals surface area (Å²) in [5.74, 6) is 0.941. The highest BCUT2D eigenvalue weighted by Gasteiger charge is 2.40. The van der Waals surface area contributed by atoms with Gasteiger partial charge in [-0.1, -0.05) is 13.0 Å². The van der Waals surface area contributed by atoms with Crippen molar-refractivity contribution in [2.24, 2.45) is 5.92 Å². The number of amides is 1. The fourth-order valence-corrected chi connectivity index (χ4v) is 4.03. The predicted octanol–water partition coefficient (Wildman–Crippen LogP) is 1.43. The Morgan fingerprint density at radius 1 is 1.48 bits per heavy atom. The number of piperazine rings is 1. The first-order chi connectivity index (χ1) is 11.2. The van der Waals surface area contributed by atoms with Crippen molar-refractivity contribution in [1.82, 2.24) is 24.8 Å². The number of fused-ring (bicyclic) bond motifs is 2. The molecule has 0 radical (unpaired) electrons. The highest BCUT2D eigenvalue weighted by atomic mass is 16.2. The van der Waals surface area contributed by atoms with Gasteiger partial charge in [0.25, 0.3) is 0 Å². The number of nitrogens with zero attached hydrogens (tertiary/aromatic N) is 4. The lowest BCUT2D eigenvalue weighted by molar-refractivity contribution is -0.132. The van der Waals surface area contributed by atoms with Crippen molar-refractivity contribution < 1.29 is 4.79 Å². The first-order valence-electron chi connectivity index (χ1n) is 8.53. The molecule has 1 N–H and O–H groups in total. The number of aromatic nitrogens is 3. The number of carbonyl (C=O) groups is 1. The van der Waals surface area contributed by atoms with Crippen LogP contribution in [0.4, 0.5) is 0 Å². The van der Waals surface area contributed by atoms with Gasteiger partial charge in [-0.15, -0.1) is 0 Å². The van der Waals surface area contributed by atoms with E-state index in [-0.39, 0.29) is 5.92 Å². The van der Waals surface area contributed by atoms with E-state index in [1.54, 1.807) is 6.33 Å². The summed E-state index contributed by atoms with van der Waals surface area (Å²) in [6.45, 7) is 4.98. The molecular weight excluding hydrogens is 290 g/mol. The minimum absolute atomic E-state index is 0.194. The lowest BCUT2D eigenvalue weighted by Crippen LogP contribution is -2.49. The number of pyridine rings is 1. The zero-order valence-electron chi connectivity index (χ0n) is 13.5. The highest BCUT2D eigenvalue weighted by Crippen LogP contribution is 2.32. The zero-order valence-corrected chi connectivity index (χ0v) is 13.5. The number of nitrogens with one attached hydrogen (secondary N) is 1. The molecule has 1 amide bonds. The predicted molar refractivity (Wildman–Crippen MR) is 87.1 cm³/mol. The molecule has 0 bridgehead atoms. The van der Waals surface area contributed by atoms with Gasteiger partial charge in [0, 0.05) is 37.8 Å². The van der Waals surface area contributed by atoms with Crippen molar-refractivity contribution >= 4 is 11.6 Å². The van der Waals surface area contributed by atoms with E-state index >= 15 is 0 Å². The Kier molecular flexibility index (Phi) is 3.77. The molecule has 3 atom stereocenters. The number of rotatable bonds is 4. The van der Waals surface area contributed by atoms with Crippen LogP contribution in [0.3, 0.4) is 0 Å². The molecule has 0 spiro atoms. The van der Waals surface area contributed by atoms with Gasteiger partial charge in [-0.2, -0.15) is 5.10 Å². The normalized spacial score (nSPS) is 25.8. The number of hydrogen-bond donors (Lipinski definition) is 1. The molecule has 2 aliphatic heterocycles. The molecule has 2 saturated heterocycles. The third kappa shape index (κ3) is 2.61. The zero-order chi connectivity index (χ0) is 15.8. The van der Waals surface area contributed by atoms with Crippen LogP contribution >= 0.6 is 0 Å². The van der Waals surface area contributed by atoms with Crippen molar-refractivity contribution in [2.45, 2.75) is 38.1 Å². The largest absolute Gasteiger partial charge is 0.337 e. The fourth-order valence-electron chi connectivity index (χ4n) is 4.03. The smallest absolute Gasteiger partial charge is 0.226 e. The summed E-state index contributed by atoms with van der Waals surface area (Å²) in [6, 6.07) is 4.55. The molecular formula is C17H23N5O. The van der Waals surface area contributed by atoms with Crippen LogP contribution in [0.1, 0.15) is 37.7 Å². The molecule has 122 valence electrons. The topological polar surface area (TPSA) is 62.5 Å². The first-order valence-corrected chi connectivity index (χ1v) is 8.53. The SMILES string of the molecule is CC(CC[C@H]1C[C@H]2CNCCN2C1=O)c1cccn2ncnc12. The molecule has 2 fully saturated rings. The third-order valence-corrected chi connectivity index (χ3v) is 5.35. The highest BCUT2D eigenvalue weighted by molar-refractivity contribution is 5.81. The summed E-state index contributed by atoms with van der Waals surface area (Å²) in [6.07, 6.45) is 6.49. The summed E-state index contributed by atoms with van der Waals surface area (Å²) in [5.41, 5.74) is 2.15. The summed E-state index contributed by atoms with van der Waals surface area (Å²) >= 11 is 0. The summed E-state index contributed by atoms with van der Waals surface area (Å²) in [5, 5.41) is 7.59. The minimum atomic E-state index is 0.194. The number of carbonyl (C=O) groups excluding carboxylic acids is 1. The van der Waals surface area contributed by atoms with Gasteiger partial charge in [0.05, 0.1) is 0 Å². The van der Waals surface area contributed by atoms with E-state index in [4.69, 9.17) is 0 Å². The third-order valence-electron chi connectivity index (χ3n) is 5.35. The second kappa shape index (κ2) is 5.92. The van der Waals surface area contributed by atoms with E-state index in [9.17, 15) is 4.79 Å². The standard InChI is InChI=1S/C17H23N5O/c1-12(15-3-2-7-22-16(15)19-11-20-22)4-5-13-9-14-10-18-6-8-21(14)17(13)23/h2-3,7,11-14,18H,4-6,8-10H2,1H3/t12?,13-,14-/m0/s1. The first kappa shape index (κ1) is 14.6. The molecule has 1 unspecified atom stereocenters. The molecule has 0 aliphatic carbocycles. The van der Waals surface area contributed by atoms with E-state index in [1.165, 1.54) is 5.56 Å². The van der Waals surface area contributed by atoms with Gasteiger partial charge in [0.1, 0.15) is 6.33 Å². The molecule has 2 aromatic heterocycles. The van der Waals surface area contributed by atoms with E-state index in [2.05, 4.69) is 33.3 Å². The van der Waals surface area contributed by atoms with E-state index in [0.717, 1.165) is 44.5 Å². The average molecular weight is 313 g/mol. The average Bonchev–Trinajstić information content (AvgIpc) is 3.17. The summed E-state index contributed by atoms with van der Waals surface area (Å²) in [7, 11) is 0.